The van der Waals surface area contributed by atoms with Gasteiger partial charge < -0.3 is 15.3 Å². The lowest BCUT2D eigenvalue weighted by Gasteiger charge is -2.16. The summed E-state index contributed by atoms with van der Waals surface area (Å²) in [5, 5.41) is 13.0. The van der Waals surface area contributed by atoms with Gasteiger partial charge in [-0.3, -0.25) is 0 Å². The van der Waals surface area contributed by atoms with Gasteiger partial charge in [0.05, 0.1) is 6.10 Å². The van der Waals surface area contributed by atoms with Crippen LogP contribution in [0.15, 0.2) is 0 Å². The number of aliphatic hydroxyl groups is 1. The molecule has 1 saturated carbocycles. The third-order valence-corrected chi connectivity index (χ3v) is 3.31. The quantitative estimate of drug-likeness (QED) is 0.856. The summed E-state index contributed by atoms with van der Waals surface area (Å²) in [7, 11) is 3.69. The molecule has 1 fully saturated rings. The van der Waals surface area contributed by atoms with Crippen molar-refractivity contribution < 1.29 is 5.11 Å². The molecular formula is C11H18ClN5O. The fourth-order valence-electron chi connectivity index (χ4n) is 2.10. The van der Waals surface area contributed by atoms with Gasteiger partial charge in [0.15, 0.2) is 0 Å². The van der Waals surface area contributed by atoms with E-state index in [1.165, 1.54) is 0 Å². The molecule has 0 amide bonds. The minimum Gasteiger partial charge on any atom is -0.393 e. The number of aromatic nitrogens is 3. The van der Waals surface area contributed by atoms with Crippen molar-refractivity contribution in [3.63, 3.8) is 0 Å². The van der Waals surface area contributed by atoms with E-state index in [2.05, 4.69) is 20.3 Å². The smallest absolute Gasteiger partial charge is 0.230 e. The maximum absolute atomic E-state index is 9.74. The summed E-state index contributed by atoms with van der Waals surface area (Å²) in [6.07, 6.45) is 2.78. The van der Waals surface area contributed by atoms with Gasteiger partial charge >= 0.3 is 0 Å². The molecule has 1 aliphatic rings. The van der Waals surface area contributed by atoms with Crippen molar-refractivity contribution in [1.82, 2.24) is 15.0 Å². The molecule has 100 valence electrons. The fourth-order valence-corrected chi connectivity index (χ4v) is 2.25. The van der Waals surface area contributed by atoms with E-state index in [0.29, 0.717) is 18.4 Å². The van der Waals surface area contributed by atoms with Crippen molar-refractivity contribution in [3.8, 4) is 0 Å². The second-order valence-electron chi connectivity index (χ2n) is 4.76. The minimum absolute atomic E-state index is 0.170. The third-order valence-electron chi connectivity index (χ3n) is 3.14. The van der Waals surface area contributed by atoms with Crippen molar-refractivity contribution in [2.75, 3.05) is 30.9 Å². The summed E-state index contributed by atoms with van der Waals surface area (Å²) in [6, 6.07) is 0. The van der Waals surface area contributed by atoms with Crippen LogP contribution in [0.2, 0.25) is 5.28 Å². The number of anilines is 2. The SMILES string of the molecule is CN(C)c1nc(Cl)nc(NCC2CCCC2O)n1. The Morgan fingerprint density at radius 3 is 2.72 bits per heavy atom. The van der Waals surface area contributed by atoms with E-state index in [1.54, 1.807) is 4.90 Å². The second kappa shape index (κ2) is 5.67. The summed E-state index contributed by atoms with van der Waals surface area (Å²) < 4.78 is 0. The van der Waals surface area contributed by atoms with Crippen LogP contribution in [-0.2, 0) is 0 Å². The van der Waals surface area contributed by atoms with Crippen molar-refractivity contribution in [2.45, 2.75) is 25.4 Å². The highest BCUT2D eigenvalue weighted by atomic mass is 35.5. The highest BCUT2D eigenvalue weighted by Crippen LogP contribution is 2.25. The van der Waals surface area contributed by atoms with Gasteiger partial charge in [-0.1, -0.05) is 6.42 Å². The first-order valence-corrected chi connectivity index (χ1v) is 6.45. The Hall–Kier alpha value is -1.14. The standard InChI is InChI=1S/C11H18ClN5O/c1-17(2)11-15-9(12)14-10(16-11)13-6-7-4-3-5-8(7)18/h7-8,18H,3-6H2,1-2H3,(H,13,14,15,16). The predicted molar refractivity (Wildman–Crippen MR) is 71.0 cm³/mol. The van der Waals surface area contributed by atoms with E-state index < -0.39 is 0 Å². The highest BCUT2D eigenvalue weighted by Gasteiger charge is 2.25. The van der Waals surface area contributed by atoms with E-state index in [-0.39, 0.29) is 17.3 Å². The Labute approximate surface area is 111 Å². The molecule has 0 aliphatic heterocycles. The molecule has 2 rings (SSSR count). The Kier molecular flexibility index (Phi) is 4.19. The van der Waals surface area contributed by atoms with Crippen molar-refractivity contribution in [2.24, 2.45) is 5.92 Å². The number of halogens is 1. The Balaban J connectivity index is 2.00. The molecule has 0 radical (unpaired) electrons. The summed E-state index contributed by atoms with van der Waals surface area (Å²) in [4.78, 5) is 14.0. The first-order chi connectivity index (χ1) is 8.56. The molecule has 0 spiro atoms. The summed E-state index contributed by atoms with van der Waals surface area (Å²) >= 11 is 5.84. The Morgan fingerprint density at radius 1 is 1.33 bits per heavy atom. The molecule has 1 heterocycles. The lowest BCUT2D eigenvalue weighted by molar-refractivity contribution is 0.138. The monoisotopic (exact) mass is 271 g/mol. The average molecular weight is 272 g/mol. The maximum Gasteiger partial charge on any atom is 0.230 e. The van der Waals surface area contributed by atoms with Crippen LogP contribution in [0.1, 0.15) is 19.3 Å². The largest absolute Gasteiger partial charge is 0.393 e. The highest BCUT2D eigenvalue weighted by molar-refractivity contribution is 6.28. The van der Waals surface area contributed by atoms with Gasteiger partial charge in [-0.2, -0.15) is 15.0 Å². The summed E-state index contributed by atoms with van der Waals surface area (Å²) in [6.45, 7) is 0.661. The third kappa shape index (κ3) is 3.20. The molecule has 2 unspecified atom stereocenters. The van der Waals surface area contributed by atoms with Crippen LogP contribution in [0.25, 0.3) is 0 Å². The first kappa shape index (κ1) is 13.3. The zero-order valence-corrected chi connectivity index (χ0v) is 11.4. The van der Waals surface area contributed by atoms with Gasteiger partial charge in [0.1, 0.15) is 0 Å². The number of aliphatic hydroxyl groups excluding tert-OH is 1. The molecule has 0 saturated heterocycles. The second-order valence-corrected chi connectivity index (χ2v) is 5.10. The molecule has 6 nitrogen and oxygen atoms in total. The summed E-state index contributed by atoms with van der Waals surface area (Å²) in [5.41, 5.74) is 0. The molecule has 0 bridgehead atoms. The average Bonchev–Trinajstić information content (AvgIpc) is 2.71. The van der Waals surface area contributed by atoms with Crippen LogP contribution in [0.3, 0.4) is 0 Å². The number of nitrogens with one attached hydrogen (secondary N) is 1. The Bertz CT molecular complexity index is 414. The fraction of sp³-hybridized carbons (Fsp3) is 0.727. The van der Waals surface area contributed by atoms with Crippen molar-refractivity contribution in [3.05, 3.63) is 5.28 Å². The predicted octanol–water partition coefficient (Wildman–Crippen LogP) is 1.16. The minimum atomic E-state index is -0.219. The molecular weight excluding hydrogens is 254 g/mol. The molecule has 1 aromatic heterocycles. The molecule has 2 atom stereocenters. The zero-order valence-electron chi connectivity index (χ0n) is 10.6. The first-order valence-electron chi connectivity index (χ1n) is 6.07. The van der Waals surface area contributed by atoms with Crippen LogP contribution in [0.5, 0.6) is 0 Å². The van der Waals surface area contributed by atoms with E-state index in [9.17, 15) is 5.11 Å². The molecule has 0 aromatic carbocycles. The van der Waals surface area contributed by atoms with Crippen LogP contribution in [0, 0.1) is 5.92 Å². The van der Waals surface area contributed by atoms with Crippen LogP contribution in [-0.4, -0.2) is 46.8 Å². The van der Waals surface area contributed by atoms with Gasteiger partial charge in [0.25, 0.3) is 0 Å². The van der Waals surface area contributed by atoms with Crippen LogP contribution < -0.4 is 10.2 Å². The van der Waals surface area contributed by atoms with Gasteiger partial charge in [0.2, 0.25) is 17.2 Å². The van der Waals surface area contributed by atoms with Crippen molar-refractivity contribution >= 4 is 23.5 Å². The van der Waals surface area contributed by atoms with E-state index in [0.717, 1.165) is 19.3 Å². The Morgan fingerprint density at radius 2 is 2.11 bits per heavy atom. The molecule has 2 N–H and O–H groups in total. The van der Waals surface area contributed by atoms with E-state index in [4.69, 9.17) is 11.6 Å². The normalized spacial score (nSPS) is 23.1. The summed E-state index contributed by atoms with van der Waals surface area (Å²) in [5.74, 6) is 1.24. The van der Waals surface area contributed by atoms with Crippen molar-refractivity contribution in [1.29, 1.82) is 0 Å². The number of hydrogen-bond donors (Lipinski definition) is 2. The molecule has 7 heteroatoms. The lowest BCUT2D eigenvalue weighted by atomic mass is 10.1. The topological polar surface area (TPSA) is 74.2 Å². The zero-order chi connectivity index (χ0) is 13.1. The van der Waals surface area contributed by atoms with Crippen LogP contribution >= 0.6 is 11.6 Å². The van der Waals surface area contributed by atoms with Gasteiger partial charge in [0, 0.05) is 26.6 Å². The van der Waals surface area contributed by atoms with E-state index in [1.807, 2.05) is 14.1 Å². The number of hydrogen-bond acceptors (Lipinski definition) is 6. The maximum atomic E-state index is 9.74. The molecule has 1 aliphatic carbocycles. The van der Waals surface area contributed by atoms with Gasteiger partial charge in [-0.05, 0) is 24.4 Å². The van der Waals surface area contributed by atoms with E-state index >= 15 is 0 Å². The number of rotatable bonds is 4. The van der Waals surface area contributed by atoms with Gasteiger partial charge in [-0.15, -0.1) is 0 Å². The van der Waals surface area contributed by atoms with Gasteiger partial charge in [-0.25, -0.2) is 0 Å². The van der Waals surface area contributed by atoms with Crippen LogP contribution in [0.4, 0.5) is 11.9 Å². The molecule has 18 heavy (non-hydrogen) atoms. The number of nitrogens with zero attached hydrogens (tertiary/aromatic N) is 4. The lowest BCUT2D eigenvalue weighted by Crippen LogP contribution is -2.23. The molecule has 1 aromatic rings.